The van der Waals surface area contributed by atoms with Crippen molar-refractivity contribution in [3.63, 3.8) is 0 Å². The number of phenolic OH excluding ortho intramolecular Hbond substituents is 1. The number of hydrogen-bond acceptors (Lipinski definition) is 7. The number of phenols is 1. The summed E-state index contributed by atoms with van der Waals surface area (Å²) in [6, 6.07) is 18.4. The molecule has 12 heteroatoms. The highest BCUT2D eigenvalue weighted by Gasteiger charge is 2.31. The van der Waals surface area contributed by atoms with E-state index in [0.29, 0.717) is 24.9 Å². The first kappa shape index (κ1) is 34.7. The number of para-hydroxylation sites is 1. The van der Waals surface area contributed by atoms with Crippen LogP contribution < -0.4 is 27.4 Å². The van der Waals surface area contributed by atoms with Crippen LogP contribution in [0.5, 0.6) is 5.75 Å². The molecule has 12 nitrogen and oxygen atoms in total. The first-order chi connectivity index (χ1) is 22.6. The van der Waals surface area contributed by atoms with Gasteiger partial charge < -0.3 is 42.6 Å². The van der Waals surface area contributed by atoms with Crippen LogP contribution >= 0.6 is 0 Å². The van der Waals surface area contributed by atoms with Crippen LogP contribution in [0.15, 0.2) is 85.1 Å². The lowest BCUT2D eigenvalue weighted by molar-refractivity contribution is -0.142. The molecule has 4 rings (SSSR count). The second-order valence-electron chi connectivity index (χ2n) is 11.5. The van der Waals surface area contributed by atoms with E-state index < -0.39 is 47.9 Å². The minimum absolute atomic E-state index is 0.0212. The van der Waals surface area contributed by atoms with E-state index in [1.165, 1.54) is 12.1 Å². The number of aromatic amines is 1. The molecule has 47 heavy (non-hydrogen) atoms. The summed E-state index contributed by atoms with van der Waals surface area (Å²) in [5, 5.41) is 28.6. The monoisotopic (exact) mass is 642 g/mol. The van der Waals surface area contributed by atoms with Gasteiger partial charge >= 0.3 is 5.97 Å². The lowest BCUT2D eigenvalue weighted by atomic mass is 10.0. The molecule has 4 aromatic rings. The van der Waals surface area contributed by atoms with Crippen LogP contribution in [0.4, 0.5) is 0 Å². The molecule has 248 valence electrons. The molecule has 0 fully saturated rings. The third kappa shape index (κ3) is 10.1. The summed E-state index contributed by atoms with van der Waals surface area (Å²) in [7, 11) is 0. The normalized spacial score (nSPS) is 13.7. The smallest absolute Gasteiger partial charge is 0.326 e. The Labute approximate surface area is 272 Å². The maximum Gasteiger partial charge on any atom is 0.326 e. The summed E-state index contributed by atoms with van der Waals surface area (Å²) in [6.45, 7) is 0.374. The molecule has 0 saturated heterocycles. The number of rotatable bonds is 17. The van der Waals surface area contributed by atoms with Crippen LogP contribution in [0, 0.1) is 0 Å². The molecule has 0 aliphatic rings. The Kier molecular flexibility index (Phi) is 12.5. The third-order valence-corrected chi connectivity index (χ3v) is 7.94. The number of nitrogens with two attached hydrogens (primary N) is 2. The van der Waals surface area contributed by atoms with Crippen LogP contribution in [-0.4, -0.2) is 69.6 Å². The average Bonchev–Trinajstić information content (AvgIpc) is 3.47. The number of carboxylic acid groups (broad SMARTS) is 1. The molecule has 1 aromatic heterocycles. The summed E-state index contributed by atoms with van der Waals surface area (Å²) in [5.74, 6) is -3.05. The molecular weight excluding hydrogens is 600 g/mol. The fourth-order valence-electron chi connectivity index (χ4n) is 5.34. The number of aromatic nitrogens is 1. The van der Waals surface area contributed by atoms with E-state index >= 15 is 0 Å². The SMILES string of the molecule is NCCCCC(NC(=O)C(Cc1ccc(O)cc1)NC(=O)C(N)Cc1ccccc1)C(=O)NC(Cc1c[nH]c2ccccc12)C(=O)O. The number of benzene rings is 3. The molecule has 1 heterocycles. The zero-order valence-corrected chi connectivity index (χ0v) is 26.0. The van der Waals surface area contributed by atoms with Crippen molar-refractivity contribution in [2.75, 3.05) is 6.54 Å². The summed E-state index contributed by atoms with van der Waals surface area (Å²) in [5.41, 5.74) is 14.9. The standard InChI is InChI=1S/C35H42N6O6/c36-17-7-6-12-29(33(44)41-31(35(46)47)20-24-21-38-28-11-5-4-10-26(24)28)39-34(45)30(19-23-13-15-25(42)16-14-23)40-32(43)27(37)18-22-8-2-1-3-9-22/h1-5,8-11,13-16,21,27,29-31,38,42H,6-7,12,17-20,36-37H2,(H,39,45)(H,40,43)(H,41,44)(H,46,47). The number of hydrogen-bond donors (Lipinski definition) is 8. The first-order valence-electron chi connectivity index (χ1n) is 15.6. The zero-order chi connectivity index (χ0) is 33.8. The van der Waals surface area contributed by atoms with Gasteiger partial charge in [0.25, 0.3) is 0 Å². The fraction of sp³-hybridized carbons (Fsp3) is 0.314. The van der Waals surface area contributed by atoms with E-state index in [-0.39, 0.29) is 31.4 Å². The van der Waals surface area contributed by atoms with Crippen LogP contribution in [0.2, 0.25) is 0 Å². The van der Waals surface area contributed by atoms with Crippen molar-refractivity contribution in [1.29, 1.82) is 0 Å². The Morgan fingerprint density at radius 1 is 0.702 bits per heavy atom. The summed E-state index contributed by atoms with van der Waals surface area (Å²) < 4.78 is 0. The minimum Gasteiger partial charge on any atom is -0.508 e. The van der Waals surface area contributed by atoms with Gasteiger partial charge in [0.15, 0.2) is 0 Å². The Morgan fingerprint density at radius 2 is 1.32 bits per heavy atom. The molecule has 0 radical (unpaired) electrons. The number of carbonyl (C=O) groups is 4. The molecule has 3 aromatic carbocycles. The number of fused-ring (bicyclic) bond motifs is 1. The van der Waals surface area contributed by atoms with E-state index in [0.717, 1.165) is 22.0 Å². The fourth-order valence-corrected chi connectivity index (χ4v) is 5.34. The van der Waals surface area contributed by atoms with Gasteiger partial charge in [-0.15, -0.1) is 0 Å². The maximum atomic E-state index is 13.8. The Hall–Kier alpha value is -5.20. The number of carboxylic acids is 1. The van der Waals surface area contributed by atoms with Crippen molar-refractivity contribution in [2.24, 2.45) is 11.5 Å². The zero-order valence-electron chi connectivity index (χ0n) is 26.0. The quantitative estimate of drug-likeness (QED) is 0.0795. The highest BCUT2D eigenvalue weighted by Crippen LogP contribution is 2.19. The molecule has 0 aliphatic carbocycles. The average molecular weight is 643 g/mol. The van der Waals surface area contributed by atoms with Gasteiger partial charge in [-0.2, -0.15) is 0 Å². The van der Waals surface area contributed by atoms with Crippen LogP contribution in [-0.2, 0) is 38.4 Å². The van der Waals surface area contributed by atoms with E-state index in [4.69, 9.17) is 11.5 Å². The summed E-state index contributed by atoms with van der Waals surface area (Å²) >= 11 is 0. The van der Waals surface area contributed by atoms with Crippen molar-refractivity contribution in [2.45, 2.75) is 62.7 Å². The number of unbranched alkanes of at least 4 members (excludes halogenated alkanes) is 1. The van der Waals surface area contributed by atoms with E-state index in [9.17, 15) is 29.4 Å². The van der Waals surface area contributed by atoms with Gasteiger partial charge in [0, 0.05) is 29.9 Å². The minimum atomic E-state index is -1.26. The lowest BCUT2D eigenvalue weighted by Crippen LogP contribution is -2.58. The van der Waals surface area contributed by atoms with Gasteiger partial charge in [0.1, 0.15) is 23.9 Å². The number of aromatic hydroxyl groups is 1. The molecule has 10 N–H and O–H groups in total. The number of carbonyl (C=O) groups excluding carboxylic acids is 3. The van der Waals surface area contributed by atoms with Crippen molar-refractivity contribution in [1.82, 2.24) is 20.9 Å². The van der Waals surface area contributed by atoms with Crippen LogP contribution in [0.1, 0.15) is 36.0 Å². The Bertz CT molecular complexity index is 1640. The second-order valence-corrected chi connectivity index (χ2v) is 11.5. The van der Waals surface area contributed by atoms with E-state index in [1.807, 2.05) is 54.6 Å². The number of H-pyrrole nitrogens is 1. The van der Waals surface area contributed by atoms with Gasteiger partial charge in [-0.05, 0) is 67.1 Å². The Morgan fingerprint density at radius 3 is 2.02 bits per heavy atom. The highest BCUT2D eigenvalue weighted by atomic mass is 16.4. The van der Waals surface area contributed by atoms with Gasteiger partial charge in [0.05, 0.1) is 6.04 Å². The van der Waals surface area contributed by atoms with E-state index in [1.54, 1.807) is 18.3 Å². The second kappa shape index (κ2) is 16.9. The molecule has 3 amide bonds. The summed E-state index contributed by atoms with van der Waals surface area (Å²) in [6.07, 6.45) is 3.30. The first-order valence-corrected chi connectivity index (χ1v) is 15.6. The van der Waals surface area contributed by atoms with Crippen molar-refractivity contribution in [3.8, 4) is 5.75 Å². The number of aliphatic carboxylic acids is 1. The predicted molar refractivity (Wildman–Crippen MR) is 178 cm³/mol. The van der Waals surface area contributed by atoms with E-state index in [2.05, 4.69) is 20.9 Å². The van der Waals surface area contributed by atoms with Crippen molar-refractivity contribution < 1.29 is 29.4 Å². The molecule has 4 atom stereocenters. The molecular formula is C35H42N6O6. The maximum absolute atomic E-state index is 13.8. The van der Waals surface area contributed by atoms with Crippen LogP contribution in [0.25, 0.3) is 10.9 Å². The van der Waals surface area contributed by atoms with Gasteiger partial charge in [0.2, 0.25) is 17.7 Å². The van der Waals surface area contributed by atoms with Gasteiger partial charge in [-0.3, -0.25) is 14.4 Å². The molecule has 4 unspecified atom stereocenters. The number of nitrogens with one attached hydrogen (secondary N) is 4. The molecule has 0 aliphatic heterocycles. The van der Waals surface area contributed by atoms with Gasteiger partial charge in [-0.1, -0.05) is 60.7 Å². The van der Waals surface area contributed by atoms with Gasteiger partial charge in [-0.25, -0.2) is 4.79 Å². The molecule has 0 spiro atoms. The predicted octanol–water partition coefficient (Wildman–Crippen LogP) is 1.90. The van der Waals surface area contributed by atoms with Crippen molar-refractivity contribution in [3.05, 3.63) is 102 Å². The number of amides is 3. The van der Waals surface area contributed by atoms with Crippen molar-refractivity contribution >= 4 is 34.6 Å². The molecule has 0 bridgehead atoms. The Balaban J connectivity index is 1.50. The third-order valence-electron chi connectivity index (χ3n) is 7.94. The molecule has 0 saturated carbocycles. The highest BCUT2D eigenvalue weighted by molar-refractivity contribution is 5.94. The summed E-state index contributed by atoms with van der Waals surface area (Å²) in [4.78, 5) is 55.9. The van der Waals surface area contributed by atoms with Crippen LogP contribution in [0.3, 0.4) is 0 Å². The topological polar surface area (TPSA) is 213 Å². The lowest BCUT2D eigenvalue weighted by Gasteiger charge is -2.25. The largest absolute Gasteiger partial charge is 0.508 e.